The third kappa shape index (κ3) is 2.07. The first-order valence-electron chi connectivity index (χ1n) is 5.02. The summed E-state index contributed by atoms with van der Waals surface area (Å²) in [6, 6.07) is 10.7. The molecule has 2 atom stereocenters. The zero-order valence-electron chi connectivity index (χ0n) is 8.53. The van der Waals surface area contributed by atoms with Crippen molar-refractivity contribution in [1.82, 2.24) is 0 Å². The lowest BCUT2D eigenvalue weighted by Crippen LogP contribution is -2.40. The van der Waals surface area contributed by atoms with Gasteiger partial charge in [0.2, 0.25) is 0 Å². The smallest absolute Gasteiger partial charge is 0.110 e. The molecule has 1 aromatic rings. The van der Waals surface area contributed by atoms with Crippen LogP contribution in [0.5, 0.6) is 0 Å². The Morgan fingerprint density at radius 3 is 2.53 bits per heavy atom. The van der Waals surface area contributed by atoms with Gasteiger partial charge in [0.1, 0.15) is 4.75 Å². The highest BCUT2D eigenvalue weighted by Gasteiger charge is 2.45. The molecule has 15 heavy (non-hydrogen) atoms. The lowest BCUT2D eigenvalue weighted by molar-refractivity contribution is 0.297. The first kappa shape index (κ1) is 11.0. The second-order valence-corrected chi connectivity index (χ2v) is 6.32. The van der Waals surface area contributed by atoms with E-state index in [2.05, 4.69) is 41.1 Å². The van der Waals surface area contributed by atoms with Crippen LogP contribution in [0.15, 0.2) is 33.6 Å². The average Bonchev–Trinajstić information content (AvgIpc) is 2.26. The molecule has 0 radical (unpaired) electrons. The number of hydrogen-bond donors (Lipinski definition) is 0. The quantitative estimate of drug-likeness (QED) is 0.810. The van der Waals surface area contributed by atoms with Crippen LogP contribution in [-0.2, 0) is 0 Å². The fraction of sp³-hybridized carbons (Fsp3) is 0.417. The molecule has 0 spiro atoms. The van der Waals surface area contributed by atoms with Crippen molar-refractivity contribution in [2.45, 2.75) is 29.4 Å². The summed E-state index contributed by atoms with van der Waals surface area (Å²) >= 11 is 5.12. The molecule has 0 heterocycles. The largest absolute Gasteiger partial charge is 0.197 e. The van der Waals surface area contributed by atoms with E-state index in [1.54, 1.807) is 11.8 Å². The Hall–Kier alpha value is -0.460. The SMILES string of the molecule is CC1CCC1(C#N)Sc1ccc(Br)cc1. The molecule has 1 aliphatic rings. The van der Waals surface area contributed by atoms with Crippen LogP contribution in [0, 0.1) is 17.2 Å². The number of halogens is 1. The molecule has 3 heteroatoms. The Bertz CT molecular complexity index is 395. The van der Waals surface area contributed by atoms with E-state index in [9.17, 15) is 5.26 Å². The van der Waals surface area contributed by atoms with Crippen molar-refractivity contribution in [2.75, 3.05) is 0 Å². The molecule has 0 saturated heterocycles. The summed E-state index contributed by atoms with van der Waals surface area (Å²) in [5, 5.41) is 9.24. The molecule has 0 N–H and O–H groups in total. The number of nitrogens with zero attached hydrogens (tertiary/aromatic N) is 1. The number of thioether (sulfide) groups is 1. The maximum atomic E-state index is 9.24. The molecule has 78 valence electrons. The van der Waals surface area contributed by atoms with Crippen LogP contribution in [0.4, 0.5) is 0 Å². The van der Waals surface area contributed by atoms with Crippen molar-refractivity contribution in [3.63, 3.8) is 0 Å². The highest BCUT2D eigenvalue weighted by Crippen LogP contribution is 2.51. The molecule has 1 saturated carbocycles. The van der Waals surface area contributed by atoms with Gasteiger partial charge in [-0.15, -0.1) is 11.8 Å². The van der Waals surface area contributed by atoms with Crippen LogP contribution in [0.25, 0.3) is 0 Å². The Kier molecular flexibility index (Phi) is 3.08. The number of hydrogen-bond acceptors (Lipinski definition) is 2. The van der Waals surface area contributed by atoms with E-state index in [0.717, 1.165) is 10.9 Å². The molecule has 0 aliphatic heterocycles. The van der Waals surface area contributed by atoms with Gasteiger partial charge in [-0.2, -0.15) is 5.26 Å². The van der Waals surface area contributed by atoms with E-state index in [-0.39, 0.29) is 4.75 Å². The second kappa shape index (κ2) is 4.19. The lowest BCUT2D eigenvalue weighted by atomic mass is 9.75. The van der Waals surface area contributed by atoms with Crippen LogP contribution in [0.2, 0.25) is 0 Å². The highest BCUT2D eigenvalue weighted by atomic mass is 79.9. The van der Waals surface area contributed by atoms with Gasteiger partial charge in [-0.05, 0) is 43.0 Å². The molecule has 0 amide bonds. The number of rotatable bonds is 2. The first-order valence-corrected chi connectivity index (χ1v) is 6.63. The minimum absolute atomic E-state index is 0.173. The van der Waals surface area contributed by atoms with Gasteiger partial charge in [-0.1, -0.05) is 22.9 Å². The molecule has 1 fully saturated rings. The lowest BCUT2D eigenvalue weighted by Gasteiger charge is -2.41. The summed E-state index contributed by atoms with van der Waals surface area (Å²) in [7, 11) is 0. The summed E-state index contributed by atoms with van der Waals surface area (Å²) in [6.45, 7) is 2.17. The van der Waals surface area contributed by atoms with Gasteiger partial charge in [-0.3, -0.25) is 0 Å². The molecule has 0 aromatic heterocycles. The van der Waals surface area contributed by atoms with E-state index < -0.39 is 0 Å². The van der Waals surface area contributed by atoms with Crippen molar-refractivity contribution < 1.29 is 0 Å². The zero-order chi connectivity index (χ0) is 10.9. The maximum absolute atomic E-state index is 9.24. The van der Waals surface area contributed by atoms with E-state index >= 15 is 0 Å². The molecule has 1 aromatic carbocycles. The molecule has 2 rings (SSSR count). The summed E-state index contributed by atoms with van der Waals surface area (Å²) in [5.41, 5.74) is 0. The van der Waals surface area contributed by atoms with Crippen LogP contribution in [0.1, 0.15) is 19.8 Å². The standard InChI is InChI=1S/C12H12BrNS/c1-9-6-7-12(9,8-14)15-11-4-2-10(13)3-5-11/h2-5,9H,6-7H2,1H3. The van der Waals surface area contributed by atoms with E-state index in [1.165, 1.54) is 11.3 Å². The molecular weight excluding hydrogens is 270 g/mol. The van der Waals surface area contributed by atoms with Gasteiger partial charge in [0.15, 0.2) is 0 Å². The third-order valence-electron chi connectivity index (χ3n) is 3.05. The summed E-state index contributed by atoms with van der Waals surface area (Å²) in [4.78, 5) is 1.19. The van der Waals surface area contributed by atoms with Gasteiger partial charge in [0.25, 0.3) is 0 Å². The average molecular weight is 282 g/mol. The predicted molar refractivity (Wildman–Crippen MR) is 66.7 cm³/mol. The van der Waals surface area contributed by atoms with Crippen molar-refractivity contribution >= 4 is 27.7 Å². The molecule has 2 unspecified atom stereocenters. The Labute approximate surface area is 103 Å². The van der Waals surface area contributed by atoms with Crippen LogP contribution < -0.4 is 0 Å². The second-order valence-electron chi connectivity index (χ2n) is 4.00. The van der Waals surface area contributed by atoms with Gasteiger partial charge < -0.3 is 0 Å². The first-order chi connectivity index (χ1) is 7.16. The van der Waals surface area contributed by atoms with Crippen molar-refractivity contribution in [1.29, 1.82) is 5.26 Å². The van der Waals surface area contributed by atoms with Gasteiger partial charge >= 0.3 is 0 Å². The topological polar surface area (TPSA) is 23.8 Å². The Morgan fingerprint density at radius 1 is 1.47 bits per heavy atom. The summed E-state index contributed by atoms with van der Waals surface area (Å²) < 4.78 is 0.910. The highest BCUT2D eigenvalue weighted by molar-refractivity contribution is 9.10. The molecule has 1 aliphatic carbocycles. The van der Waals surface area contributed by atoms with Crippen molar-refractivity contribution in [3.05, 3.63) is 28.7 Å². The van der Waals surface area contributed by atoms with Gasteiger partial charge in [0, 0.05) is 9.37 Å². The minimum Gasteiger partial charge on any atom is -0.197 e. The summed E-state index contributed by atoms with van der Waals surface area (Å²) in [5.74, 6) is 0.510. The normalized spacial score (nSPS) is 29.3. The third-order valence-corrected chi connectivity index (χ3v) is 5.15. The fourth-order valence-electron chi connectivity index (χ4n) is 1.75. The van der Waals surface area contributed by atoms with Gasteiger partial charge in [0.05, 0.1) is 6.07 Å². The maximum Gasteiger partial charge on any atom is 0.110 e. The molecule has 0 bridgehead atoms. The van der Waals surface area contributed by atoms with E-state index in [4.69, 9.17) is 0 Å². The fourth-order valence-corrected chi connectivity index (χ4v) is 3.29. The summed E-state index contributed by atoms with van der Waals surface area (Å²) in [6.07, 6.45) is 2.20. The number of nitriles is 1. The van der Waals surface area contributed by atoms with E-state index in [1.807, 2.05) is 12.1 Å². The zero-order valence-corrected chi connectivity index (χ0v) is 10.9. The van der Waals surface area contributed by atoms with Gasteiger partial charge in [-0.25, -0.2) is 0 Å². The minimum atomic E-state index is -0.173. The van der Waals surface area contributed by atoms with Crippen molar-refractivity contribution in [3.8, 4) is 6.07 Å². The molecular formula is C12H12BrNS. The van der Waals surface area contributed by atoms with E-state index in [0.29, 0.717) is 5.92 Å². The van der Waals surface area contributed by atoms with Crippen LogP contribution in [0.3, 0.4) is 0 Å². The molecule has 1 nitrogen and oxygen atoms in total. The Morgan fingerprint density at radius 2 is 2.13 bits per heavy atom. The Balaban J connectivity index is 2.15. The predicted octanol–water partition coefficient (Wildman–Crippen LogP) is 4.23. The number of benzene rings is 1. The monoisotopic (exact) mass is 281 g/mol. The van der Waals surface area contributed by atoms with Crippen molar-refractivity contribution in [2.24, 2.45) is 5.92 Å². The van der Waals surface area contributed by atoms with Crippen LogP contribution >= 0.6 is 27.7 Å². The van der Waals surface area contributed by atoms with Crippen LogP contribution in [-0.4, -0.2) is 4.75 Å².